The molecule has 0 unspecified atom stereocenters. The standard InChI is InChI=1S/C20H27FN4O2/c1-4-23(5-2)12-18-14-24(13-17-8-9-22-25(17)18)20(26)10-15-6-7-16(21)11-19(15)27-3/h6-9,11,18H,4-5,10,12-14H2,1-3H3/t18-/m0/s1. The molecular formula is C20H27FN4O2. The summed E-state index contributed by atoms with van der Waals surface area (Å²) in [5, 5.41) is 4.47. The van der Waals surface area contributed by atoms with Crippen LogP contribution >= 0.6 is 0 Å². The summed E-state index contributed by atoms with van der Waals surface area (Å²) < 4.78 is 20.7. The van der Waals surface area contributed by atoms with Crippen LogP contribution in [0.25, 0.3) is 0 Å². The number of nitrogens with zero attached hydrogens (tertiary/aromatic N) is 4. The highest BCUT2D eigenvalue weighted by Gasteiger charge is 2.29. The molecule has 0 fully saturated rings. The molecule has 0 saturated carbocycles. The minimum absolute atomic E-state index is 0.0110. The van der Waals surface area contributed by atoms with Crippen LogP contribution in [0.1, 0.15) is 31.1 Å². The number of fused-ring (bicyclic) bond motifs is 1. The van der Waals surface area contributed by atoms with E-state index in [4.69, 9.17) is 4.74 Å². The lowest BCUT2D eigenvalue weighted by Crippen LogP contribution is -2.45. The number of methoxy groups -OCH3 is 1. The van der Waals surface area contributed by atoms with Crippen LogP contribution in [-0.4, -0.2) is 58.8 Å². The normalized spacial score (nSPS) is 16.5. The number of rotatable bonds is 7. The Morgan fingerprint density at radius 3 is 2.81 bits per heavy atom. The molecular weight excluding hydrogens is 347 g/mol. The third-order valence-electron chi connectivity index (χ3n) is 5.19. The van der Waals surface area contributed by atoms with Gasteiger partial charge in [-0.1, -0.05) is 19.9 Å². The van der Waals surface area contributed by atoms with Crippen molar-refractivity contribution in [3.05, 3.63) is 47.5 Å². The van der Waals surface area contributed by atoms with Crippen molar-refractivity contribution in [3.8, 4) is 5.75 Å². The lowest BCUT2D eigenvalue weighted by Gasteiger charge is -2.36. The Kier molecular flexibility index (Phi) is 6.11. The molecule has 2 heterocycles. The number of hydrogen-bond donors (Lipinski definition) is 0. The lowest BCUT2D eigenvalue weighted by atomic mass is 10.1. The van der Waals surface area contributed by atoms with Crippen molar-refractivity contribution in [2.24, 2.45) is 0 Å². The fraction of sp³-hybridized carbons (Fsp3) is 0.500. The lowest BCUT2D eigenvalue weighted by molar-refractivity contribution is -0.132. The van der Waals surface area contributed by atoms with Gasteiger partial charge in [-0.3, -0.25) is 9.48 Å². The van der Waals surface area contributed by atoms with Gasteiger partial charge in [-0.25, -0.2) is 4.39 Å². The predicted molar refractivity (Wildman–Crippen MR) is 101 cm³/mol. The van der Waals surface area contributed by atoms with E-state index < -0.39 is 0 Å². The summed E-state index contributed by atoms with van der Waals surface area (Å²) in [7, 11) is 1.49. The first kappa shape index (κ1) is 19.4. The van der Waals surface area contributed by atoms with Crippen LogP contribution in [0.3, 0.4) is 0 Å². The van der Waals surface area contributed by atoms with E-state index in [1.165, 1.54) is 19.2 Å². The predicted octanol–water partition coefficient (Wildman–Crippen LogP) is 2.50. The minimum Gasteiger partial charge on any atom is -0.496 e. The molecule has 7 heteroatoms. The number of aromatic nitrogens is 2. The molecule has 1 amide bonds. The molecule has 1 aromatic heterocycles. The molecule has 2 aromatic rings. The number of carbonyl (C=O) groups excluding carboxylic acids is 1. The molecule has 0 N–H and O–H groups in total. The van der Waals surface area contributed by atoms with Crippen LogP contribution in [-0.2, 0) is 17.8 Å². The molecule has 1 aliphatic heterocycles. The van der Waals surface area contributed by atoms with Gasteiger partial charge in [0.25, 0.3) is 0 Å². The number of ether oxygens (including phenoxy) is 1. The highest BCUT2D eigenvalue weighted by Crippen LogP contribution is 2.24. The van der Waals surface area contributed by atoms with Gasteiger partial charge in [0, 0.05) is 30.9 Å². The first-order valence-corrected chi connectivity index (χ1v) is 9.40. The third kappa shape index (κ3) is 4.30. The largest absolute Gasteiger partial charge is 0.496 e. The van der Waals surface area contributed by atoms with Crippen molar-refractivity contribution in [3.63, 3.8) is 0 Å². The number of carbonyl (C=O) groups is 1. The maximum absolute atomic E-state index is 13.4. The third-order valence-corrected chi connectivity index (χ3v) is 5.19. The summed E-state index contributed by atoms with van der Waals surface area (Å²) in [5.74, 6) is 0.0474. The van der Waals surface area contributed by atoms with Gasteiger partial charge in [0.05, 0.1) is 31.8 Å². The van der Waals surface area contributed by atoms with Gasteiger partial charge in [0.2, 0.25) is 5.91 Å². The van der Waals surface area contributed by atoms with Crippen LogP contribution in [0.4, 0.5) is 4.39 Å². The van der Waals surface area contributed by atoms with E-state index in [-0.39, 0.29) is 24.2 Å². The molecule has 0 aliphatic carbocycles. The monoisotopic (exact) mass is 374 g/mol. The van der Waals surface area contributed by atoms with Gasteiger partial charge >= 0.3 is 0 Å². The van der Waals surface area contributed by atoms with Crippen LogP contribution < -0.4 is 4.74 Å². The molecule has 1 aromatic carbocycles. The van der Waals surface area contributed by atoms with E-state index in [0.717, 1.165) is 25.3 Å². The summed E-state index contributed by atoms with van der Waals surface area (Å²) in [4.78, 5) is 17.2. The summed E-state index contributed by atoms with van der Waals surface area (Å²) >= 11 is 0. The molecule has 1 aliphatic rings. The average molecular weight is 374 g/mol. The van der Waals surface area contributed by atoms with E-state index in [0.29, 0.717) is 24.4 Å². The highest BCUT2D eigenvalue weighted by molar-refractivity contribution is 5.79. The van der Waals surface area contributed by atoms with E-state index >= 15 is 0 Å². The molecule has 0 radical (unpaired) electrons. The van der Waals surface area contributed by atoms with Crippen molar-refractivity contribution in [1.29, 1.82) is 0 Å². The number of benzene rings is 1. The second-order valence-electron chi connectivity index (χ2n) is 6.81. The maximum Gasteiger partial charge on any atom is 0.227 e. The molecule has 27 heavy (non-hydrogen) atoms. The first-order valence-electron chi connectivity index (χ1n) is 9.40. The Labute approximate surface area is 159 Å². The molecule has 1 atom stereocenters. The fourth-order valence-electron chi connectivity index (χ4n) is 3.63. The van der Waals surface area contributed by atoms with E-state index in [1.807, 2.05) is 15.6 Å². The van der Waals surface area contributed by atoms with Gasteiger partial charge in [-0.15, -0.1) is 0 Å². The van der Waals surface area contributed by atoms with Crippen molar-refractivity contribution < 1.29 is 13.9 Å². The molecule has 0 bridgehead atoms. The smallest absolute Gasteiger partial charge is 0.227 e. The van der Waals surface area contributed by atoms with Gasteiger partial charge in [-0.2, -0.15) is 5.10 Å². The summed E-state index contributed by atoms with van der Waals surface area (Å²) in [5.41, 5.74) is 1.74. The zero-order chi connectivity index (χ0) is 19.4. The number of amides is 1. The van der Waals surface area contributed by atoms with E-state index in [9.17, 15) is 9.18 Å². The SMILES string of the molecule is CCN(CC)C[C@H]1CN(C(=O)Cc2ccc(F)cc2OC)Cc2ccnn21. The van der Waals surface area contributed by atoms with Gasteiger partial charge in [0.1, 0.15) is 11.6 Å². The zero-order valence-electron chi connectivity index (χ0n) is 16.2. The van der Waals surface area contributed by atoms with Crippen molar-refractivity contribution in [2.45, 2.75) is 32.9 Å². The zero-order valence-corrected chi connectivity index (χ0v) is 16.2. The number of halogens is 1. The summed E-state index contributed by atoms with van der Waals surface area (Å²) in [6, 6.07) is 6.39. The number of hydrogen-bond acceptors (Lipinski definition) is 4. The van der Waals surface area contributed by atoms with Crippen molar-refractivity contribution >= 4 is 5.91 Å². The van der Waals surface area contributed by atoms with Crippen LogP contribution in [0, 0.1) is 5.82 Å². The average Bonchev–Trinajstić information content (AvgIpc) is 3.16. The fourth-order valence-corrected chi connectivity index (χ4v) is 3.63. The molecule has 3 rings (SSSR count). The van der Waals surface area contributed by atoms with Crippen LogP contribution in [0.5, 0.6) is 5.75 Å². The Morgan fingerprint density at radius 2 is 2.11 bits per heavy atom. The summed E-state index contributed by atoms with van der Waals surface area (Å²) in [6.45, 7) is 8.21. The van der Waals surface area contributed by atoms with Gasteiger partial charge in [0.15, 0.2) is 0 Å². The Bertz CT molecular complexity index is 788. The second kappa shape index (κ2) is 8.52. The molecule has 0 spiro atoms. The summed E-state index contributed by atoms with van der Waals surface area (Å²) in [6.07, 6.45) is 1.98. The van der Waals surface area contributed by atoms with Crippen molar-refractivity contribution in [2.75, 3.05) is 33.3 Å². The van der Waals surface area contributed by atoms with E-state index in [1.54, 1.807) is 12.3 Å². The van der Waals surface area contributed by atoms with E-state index in [2.05, 4.69) is 23.8 Å². The number of likely N-dealkylation sites (N-methyl/N-ethyl adjacent to an activating group) is 1. The Morgan fingerprint density at radius 1 is 1.33 bits per heavy atom. The van der Waals surface area contributed by atoms with Gasteiger partial charge in [-0.05, 0) is 25.2 Å². The first-order chi connectivity index (χ1) is 13.0. The Hall–Kier alpha value is -2.41. The van der Waals surface area contributed by atoms with Crippen molar-refractivity contribution in [1.82, 2.24) is 19.6 Å². The topological polar surface area (TPSA) is 50.6 Å². The maximum atomic E-state index is 13.4. The van der Waals surface area contributed by atoms with Crippen LogP contribution in [0.15, 0.2) is 30.5 Å². The van der Waals surface area contributed by atoms with Crippen LogP contribution in [0.2, 0.25) is 0 Å². The quantitative estimate of drug-likeness (QED) is 0.747. The minimum atomic E-state index is -0.371. The second-order valence-corrected chi connectivity index (χ2v) is 6.81. The molecule has 0 saturated heterocycles. The molecule has 146 valence electrons. The Balaban J connectivity index is 1.76. The highest BCUT2D eigenvalue weighted by atomic mass is 19.1. The molecule has 6 nitrogen and oxygen atoms in total. The van der Waals surface area contributed by atoms with Gasteiger partial charge < -0.3 is 14.5 Å².